The van der Waals surface area contributed by atoms with Crippen molar-refractivity contribution in [3.8, 4) is 0 Å². The molecule has 1 heterocycles. The number of ether oxygens (including phenoxy) is 1. The van der Waals surface area contributed by atoms with Crippen LogP contribution in [0, 0.1) is 0 Å². The molecule has 1 aromatic carbocycles. The second kappa shape index (κ2) is 8.98. The molecule has 2 amide bonds. The van der Waals surface area contributed by atoms with Crippen LogP contribution in [0.25, 0.3) is 0 Å². The Bertz CT molecular complexity index is 726. The van der Waals surface area contributed by atoms with Gasteiger partial charge in [-0.05, 0) is 60.0 Å². The topological polar surface area (TPSA) is 84.5 Å². The van der Waals surface area contributed by atoms with Gasteiger partial charge in [-0.2, -0.15) is 11.3 Å². The molecule has 2 rings (SSSR count). The number of hydrogen-bond donors (Lipinski definition) is 2. The van der Waals surface area contributed by atoms with E-state index in [1.807, 2.05) is 16.8 Å². The van der Waals surface area contributed by atoms with E-state index in [9.17, 15) is 14.4 Å². The fourth-order valence-corrected chi connectivity index (χ4v) is 2.78. The van der Waals surface area contributed by atoms with Crippen molar-refractivity contribution < 1.29 is 19.1 Å². The van der Waals surface area contributed by atoms with E-state index >= 15 is 0 Å². The van der Waals surface area contributed by atoms with Crippen molar-refractivity contribution in [3.05, 3.63) is 46.7 Å². The van der Waals surface area contributed by atoms with Crippen molar-refractivity contribution >= 4 is 40.5 Å². The van der Waals surface area contributed by atoms with E-state index in [1.165, 1.54) is 13.8 Å². The molecule has 2 N–H and O–H groups in total. The summed E-state index contributed by atoms with van der Waals surface area (Å²) in [6.07, 6.45) is -0.0499. The molecule has 1 aromatic heterocycles. The highest BCUT2D eigenvalue weighted by atomic mass is 32.1. The van der Waals surface area contributed by atoms with E-state index in [0.29, 0.717) is 17.8 Å². The van der Waals surface area contributed by atoms with Crippen molar-refractivity contribution in [2.24, 2.45) is 0 Å². The van der Waals surface area contributed by atoms with Gasteiger partial charge < -0.3 is 15.4 Å². The molecule has 7 heteroatoms. The van der Waals surface area contributed by atoms with Gasteiger partial charge in [-0.3, -0.25) is 14.4 Å². The predicted molar refractivity (Wildman–Crippen MR) is 97.6 cm³/mol. The third-order valence-corrected chi connectivity index (χ3v) is 4.08. The number of aryl methyl sites for hydroxylation is 1. The van der Waals surface area contributed by atoms with Crippen LogP contribution in [0.4, 0.5) is 11.4 Å². The Kier molecular flexibility index (Phi) is 6.71. The van der Waals surface area contributed by atoms with Crippen LogP contribution in [0.3, 0.4) is 0 Å². The van der Waals surface area contributed by atoms with Gasteiger partial charge in [-0.25, -0.2) is 0 Å². The molecule has 0 spiro atoms. The summed E-state index contributed by atoms with van der Waals surface area (Å²) >= 11 is 1.58. The maximum absolute atomic E-state index is 12.1. The second-order valence-corrected chi connectivity index (χ2v) is 6.29. The molecule has 0 unspecified atom stereocenters. The number of carbonyl (C=O) groups is 3. The van der Waals surface area contributed by atoms with E-state index in [2.05, 4.69) is 10.6 Å². The molecule has 132 valence electrons. The molecule has 0 aliphatic carbocycles. The Balaban J connectivity index is 1.79. The molecular formula is C18H20N2O4S. The SMILES string of the molecule is CC(=O)Nc1ccc(NC(=O)[C@H](C)OC(=O)CCc2ccsc2)cc1. The van der Waals surface area contributed by atoms with Gasteiger partial charge in [0.25, 0.3) is 5.91 Å². The first kappa shape index (κ1) is 18.7. The number of anilines is 2. The minimum atomic E-state index is -0.884. The van der Waals surface area contributed by atoms with Crippen LogP contribution in [0.1, 0.15) is 25.8 Å². The van der Waals surface area contributed by atoms with E-state index in [0.717, 1.165) is 5.56 Å². The predicted octanol–water partition coefficient (Wildman–Crippen LogP) is 3.21. The lowest BCUT2D eigenvalue weighted by Crippen LogP contribution is -2.30. The molecule has 2 aromatic rings. The van der Waals surface area contributed by atoms with Crippen LogP contribution in [0.2, 0.25) is 0 Å². The van der Waals surface area contributed by atoms with Gasteiger partial charge in [-0.15, -0.1) is 0 Å². The summed E-state index contributed by atoms with van der Waals surface area (Å²) < 4.78 is 5.15. The summed E-state index contributed by atoms with van der Waals surface area (Å²) in [7, 11) is 0. The van der Waals surface area contributed by atoms with Gasteiger partial charge in [0, 0.05) is 24.7 Å². The highest BCUT2D eigenvalue weighted by Crippen LogP contribution is 2.14. The summed E-state index contributed by atoms with van der Waals surface area (Å²) in [6.45, 7) is 2.95. The number of amides is 2. The maximum atomic E-state index is 12.1. The van der Waals surface area contributed by atoms with Gasteiger partial charge in [0.15, 0.2) is 6.10 Å². The van der Waals surface area contributed by atoms with Gasteiger partial charge in [0.1, 0.15) is 0 Å². The lowest BCUT2D eigenvalue weighted by atomic mass is 10.2. The van der Waals surface area contributed by atoms with Gasteiger partial charge >= 0.3 is 5.97 Å². The number of rotatable bonds is 7. The number of nitrogens with one attached hydrogen (secondary N) is 2. The fourth-order valence-electron chi connectivity index (χ4n) is 2.07. The largest absolute Gasteiger partial charge is 0.453 e. The number of thiophene rings is 1. The Morgan fingerprint density at radius 1 is 1.08 bits per heavy atom. The lowest BCUT2D eigenvalue weighted by Gasteiger charge is -2.13. The zero-order valence-corrected chi connectivity index (χ0v) is 14.9. The fraction of sp³-hybridized carbons (Fsp3) is 0.278. The van der Waals surface area contributed by atoms with Crippen molar-refractivity contribution in [2.75, 3.05) is 10.6 Å². The number of hydrogen-bond acceptors (Lipinski definition) is 5. The highest BCUT2D eigenvalue weighted by molar-refractivity contribution is 7.07. The zero-order chi connectivity index (χ0) is 18.2. The Morgan fingerprint density at radius 3 is 2.28 bits per heavy atom. The molecule has 0 saturated heterocycles. The van der Waals surface area contributed by atoms with E-state index in [4.69, 9.17) is 4.74 Å². The highest BCUT2D eigenvalue weighted by Gasteiger charge is 2.18. The van der Waals surface area contributed by atoms with E-state index < -0.39 is 18.0 Å². The Hall–Kier alpha value is -2.67. The van der Waals surface area contributed by atoms with Crippen LogP contribution in [-0.2, 0) is 25.5 Å². The molecule has 6 nitrogen and oxygen atoms in total. The van der Waals surface area contributed by atoms with Crippen LogP contribution < -0.4 is 10.6 Å². The molecular weight excluding hydrogens is 340 g/mol. The van der Waals surface area contributed by atoms with Crippen LogP contribution in [0.5, 0.6) is 0 Å². The van der Waals surface area contributed by atoms with Crippen molar-refractivity contribution in [1.82, 2.24) is 0 Å². The molecule has 25 heavy (non-hydrogen) atoms. The molecule has 1 atom stereocenters. The number of esters is 1. The number of carbonyl (C=O) groups excluding carboxylic acids is 3. The number of benzene rings is 1. The summed E-state index contributed by atoms with van der Waals surface area (Å²) in [5.74, 6) is -0.981. The molecule has 0 saturated carbocycles. The van der Waals surface area contributed by atoms with Crippen LogP contribution >= 0.6 is 11.3 Å². The van der Waals surface area contributed by atoms with Crippen molar-refractivity contribution in [3.63, 3.8) is 0 Å². The molecule has 0 aliphatic rings. The molecule has 0 radical (unpaired) electrons. The minimum Gasteiger partial charge on any atom is -0.453 e. The second-order valence-electron chi connectivity index (χ2n) is 5.51. The third kappa shape index (κ3) is 6.39. The summed E-state index contributed by atoms with van der Waals surface area (Å²) in [6, 6.07) is 8.63. The summed E-state index contributed by atoms with van der Waals surface area (Å²) in [4.78, 5) is 34.9. The van der Waals surface area contributed by atoms with E-state index in [1.54, 1.807) is 35.6 Å². The minimum absolute atomic E-state index is 0.167. The molecule has 0 aliphatic heterocycles. The van der Waals surface area contributed by atoms with Crippen LogP contribution in [-0.4, -0.2) is 23.9 Å². The maximum Gasteiger partial charge on any atom is 0.306 e. The lowest BCUT2D eigenvalue weighted by molar-refractivity contribution is -0.153. The van der Waals surface area contributed by atoms with Gasteiger partial charge in [0.2, 0.25) is 5.91 Å². The molecule has 0 fully saturated rings. The first-order valence-corrected chi connectivity index (χ1v) is 8.77. The third-order valence-electron chi connectivity index (χ3n) is 3.35. The Labute approximate surface area is 150 Å². The standard InChI is InChI=1S/C18H20N2O4S/c1-12(24-17(22)8-3-14-9-10-25-11-14)18(23)20-16-6-4-15(5-7-16)19-13(2)21/h4-7,9-12H,3,8H2,1-2H3,(H,19,21)(H,20,23)/t12-/m0/s1. The Morgan fingerprint density at radius 2 is 1.72 bits per heavy atom. The average Bonchev–Trinajstić information content (AvgIpc) is 3.07. The summed E-state index contributed by atoms with van der Waals surface area (Å²) in [5, 5.41) is 9.24. The smallest absolute Gasteiger partial charge is 0.306 e. The van der Waals surface area contributed by atoms with Gasteiger partial charge in [-0.1, -0.05) is 0 Å². The van der Waals surface area contributed by atoms with Crippen LogP contribution in [0.15, 0.2) is 41.1 Å². The first-order valence-electron chi connectivity index (χ1n) is 7.83. The quantitative estimate of drug-likeness (QED) is 0.743. The molecule has 0 bridgehead atoms. The summed E-state index contributed by atoms with van der Waals surface area (Å²) in [5.41, 5.74) is 2.27. The average molecular weight is 360 g/mol. The first-order chi connectivity index (χ1) is 11.9. The monoisotopic (exact) mass is 360 g/mol. The van der Waals surface area contributed by atoms with Gasteiger partial charge in [0.05, 0.1) is 0 Å². The van der Waals surface area contributed by atoms with Crippen molar-refractivity contribution in [2.45, 2.75) is 32.8 Å². The van der Waals surface area contributed by atoms with E-state index in [-0.39, 0.29) is 12.3 Å². The van der Waals surface area contributed by atoms with Crippen molar-refractivity contribution in [1.29, 1.82) is 0 Å². The normalized spacial score (nSPS) is 11.4. The zero-order valence-electron chi connectivity index (χ0n) is 14.1.